The number of rotatable bonds is 5. The van der Waals surface area contributed by atoms with Crippen molar-refractivity contribution in [3.8, 4) is 0 Å². The van der Waals surface area contributed by atoms with Gasteiger partial charge in [-0.05, 0) is 43.7 Å². The molecule has 140 valence electrons. The van der Waals surface area contributed by atoms with Crippen LogP contribution in [-0.2, 0) is 6.54 Å². The fourth-order valence-electron chi connectivity index (χ4n) is 2.57. The Labute approximate surface area is 165 Å². The van der Waals surface area contributed by atoms with Gasteiger partial charge >= 0.3 is 11.4 Å². The molecule has 3 aromatic rings. The van der Waals surface area contributed by atoms with Gasteiger partial charge in [0.1, 0.15) is 5.15 Å². The number of benzene rings is 1. The number of halogens is 2. The van der Waals surface area contributed by atoms with Crippen molar-refractivity contribution in [1.82, 2.24) is 19.1 Å². The molecule has 0 atom stereocenters. The molecule has 1 aromatic carbocycles. The van der Waals surface area contributed by atoms with E-state index in [-0.39, 0.29) is 23.7 Å². The highest BCUT2D eigenvalue weighted by atomic mass is 35.5. The molecular weight excluding hydrogens is 389 g/mol. The van der Waals surface area contributed by atoms with E-state index < -0.39 is 11.4 Å². The molecule has 0 aliphatic rings. The highest BCUT2D eigenvalue weighted by Crippen LogP contribution is 2.17. The van der Waals surface area contributed by atoms with E-state index in [0.717, 1.165) is 10.1 Å². The molecule has 2 heterocycles. The van der Waals surface area contributed by atoms with E-state index >= 15 is 0 Å². The topological polar surface area (TPSA) is 81.8 Å². The van der Waals surface area contributed by atoms with Gasteiger partial charge in [0.05, 0.1) is 6.54 Å². The first-order valence-corrected chi connectivity index (χ1v) is 8.97. The van der Waals surface area contributed by atoms with Gasteiger partial charge in [0.25, 0.3) is 0 Å². The highest BCUT2D eigenvalue weighted by molar-refractivity contribution is 6.30. The summed E-state index contributed by atoms with van der Waals surface area (Å²) < 4.78 is 2.51. The van der Waals surface area contributed by atoms with Crippen LogP contribution in [0.15, 0.2) is 52.2 Å². The second kappa shape index (κ2) is 7.94. The summed E-state index contributed by atoms with van der Waals surface area (Å²) in [7, 11) is 0. The van der Waals surface area contributed by atoms with Crippen LogP contribution in [0, 0.1) is 0 Å². The quantitative estimate of drug-likeness (QED) is 0.657. The number of hydrogen-bond acceptors (Lipinski definition) is 5. The molecule has 1 N–H and O–H groups in total. The predicted octanol–water partition coefficient (Wildman–Crippen LogP) is 3.48. The Morgan fingerprint density at radius 2 is 1.81 bits per heavy atom. The number of nitrogens with zero attached hydrogens (tertiary/aromatic N) is 4. The molecule has 0 saturated carbocycles. The van der Waals surface area contributed by atoms with Crippen molar-refractivity contribution in [3.63, 3.8) is 0 Å². The van der Waals surface area contributed by atoms with E-state index in [4.69, 9.17) is 23.2 Å². The van der Waals surface area contributed by atoms with E-state index in [2.05, 4.69) is 15.3 Å². The standard InChI is InChI=1S/C18H17Cl2N5O2/c1-11(2)25-17(26)23-16(22-14-7-8-21-15(20)9-14)24(18(25)27)10-12-3-5-13(19)6-4-12/h3-9,11H,10H2,1-2H3,(H,21,22,23,26). The van der Waals surface area contributed by atoms with Gasteiger partial charge in [0.2, 0.25) is 5.95 Å². The maximum atomic E-state index is 13.0. The Bertz CT molecular complexity index is 1070. The predicted molar refractivity (Wildman–Crippen MR) is 106 cm³/mol. The minimum Gasteiger partial charge on any atom is -0.325 e. The van der Waals surface area contributed by atoms with Crippen molar-refractivity contribution in [1.29, 1.82) is 0 Å². The first-order valence-electron chi connectivity index (χ1n) is 8.21. The molecule has 3 rings (SSSR count). The molecule has 0 fully saturated rings. The van der Waals surface area contributed by atoms with E-state index in [1.807, 2.05) is 12.1 Å². The highest BCUT2D eigenvalue weighted by Gasteiger charge is 2.16. The third-order valence-electron chi connectivity index (χ3n) is 3.85. The zero-order valence-electron chi connectivity index (χ0n) is 14.7. The van der Waals surface area contributed by atoms with Crippen LogP contribution < -0.4 is 16.7 Å². The lowest BCUT2D eigenvalue weighted by molar-refractivity contribution is 0.497. The molecule has 27 heavy (non-hydrogen) atoms. The number of hydrogen-bond donors (Lipinski definition) is 1. The van der Waals surface area contributed by atoms with E-state index in [1.165, 1.54) is 10.8 Å². The van der Waals surface area contributed by atoms with Crippen molar-refractivity contribution in [2.24, 2.45) is 0 Å². The molecule has 7 nitrogen and oxygen atoms in total. The normalized spacial score (nSPS) is 11.0. The lowest BCUT2D eigenvalue weighted by Gasteiger charge is -2.17. The summed E-state index contributed by atoms with van der Waals surface area (Å²) in [5.74, 6) is 0.124. The summed E-state index contributed by atoms with van der Waals surface area (Å²) in [5.41, 5.74) is 0.328. The maximum Gasteiger partial charge on any atom is 0.355 e. The fourth-order valence-corrected chi connectivity index (χ4v) is 2.87. The van der Waals surface area contributed by atoms with E-state index in [0.29, 0.717) is 10.7 Å². The molecular formula is C18H17Cl2N5O2. The van der Waals surface area contributed by atoms with Crippen LogP contribution >= 0.6 is 23.2 Å². The van der Waals surface area contributed by atoms with Crippen LogP contribution in [0.2, 0.25) is 10.2 Å². The second-order valence-electron chi connectivity index (χ2n) is 6.17. The largest absolute Gasteiger partial charge is 0.355 e. The fraction of sp³-hybridized carbons (Fsp3) is 0.222. The Morgan fingerprint density at radius 1 is 1.11 bits per heavy atom. The van der Waals surface area contributed by atoms with Gasteiger partial charge in [0, 0.05) is 22.9 Å². The third-order valence-corrected chi connectivity index (χ3v) is 4.31. The first-order chi connectivity index (χ1) is 12.8. The summed E-state index contributed by atoms with van der Waals surface area (Å²) >= 11 is 11.8. The Morgan fingerprint density at radius 3 is 2.44 bits per heavy atom. The minimum atomic E-state index is -0.620. The summed E-state index contributed by atoms with van der Waals surface area (Å²) in [5, 5.41) is 3.86. The van der Waals surface area contributed by atoms with Crippen molar-refractivity contribution in [2.45, 2.75) is 26.4 Å². The molecule has 2 aromatic heterocycles. The van der Waals surface area contributed by atoms with Crippen molar-refractivity contribution in [2.75, 3.05) is 5.32 Å². The average Bonchev–Trinajstić information content (AvgIpc) is 2.59. The lowest BCUT2D eigenvalue weighted by Crippen LogP contribution is -2.43. The second-order valence-corrected chi connectivity index (χ2v) is 6.99. The smallest absolute Gasteiger partial charge is 0.325 e. The van der Waals surface area contributed by atoms with Gasteiger partial charge < -0.3 is 5.32 Å². The molecule has 0 unspecified atom stereocenters. The van der Waals surface area contributed by atoms with Crippen molar-refractivity contribution < 1.29 is 0 Å². The SMILES string of the molecule is CC(C)n1c(=O)nc(Nc2ccnc(Cl)c2)n(Cc2ccc(Cl)cc2)c1=O. The Hall–Kier alpha value is -2.64. The maximum absolute atomic E-state index is 13.0. The molecule has 0 saturated heterocycles. The molecule has 0 spiro atoms. The van der Waals surface area contributed by atoms with E-state index in [9.17, 15) is 9.59 Å². The van der Waals surface area contributed by atoms with Crippen LogP contribution in [0.5, 0.6) is 0 Å². The zero-order chi connectivity index (χ0) is 19.6. The van der Waals surface area contributed by atoms with Crippen molar-refractivity contribution in [3.05, 3.63) is 79.3 Å². The van der Waals surface area contributed by atoms with Crippen molar-refractivity contribution >= 4 is 34.8 Å². The number of aromatic nitrogens is 4. The van der Waals surface area contributed by atoms with Gasteiger partial charge in [-0.15, -0.1) is 0 Å². The van der Waals surface area contributed by atoms with Gasteiger partial charge in [-0.3, -0.25) is 4.57 Å². The lowest BCUT2D eigenvalue weighted by atomic mass is 10.2. The number of anilines is 2. The molecule has 0 radical (unpaired) electrons. The summed E-state index contributed by atoms with van der Waals surface area (Å²) in [6.07, 6.45) is 1.52. The van der Waals surface area contributed by atoms with Gasteiger partial charge in [-0.2, -0.15) is 4.98 Å². The van der Waals surface area contributed by atoms with Gasteiger partial charge in [0.15, 0.2) is 0 Å². The number of nitrogens with one attached hydrogen (secondary N) is 1. The third kappa shape index (κ3) is 4.37. The molecule has 0 amide bonds. The Kier molecular flexibility index (Phi) is 5.62. The van der Waals surface area contributed by atoms with Crippen LogP contribution in [0.1, 0.15) is 25.5 Å². The zero-order valence-corrected chi connectivity index (χ0v) is 16.2. The monoisotopic (exact) mass is 405 g/mol. The van der Waals surface area contributed by atoms with Crippen LogP contribution in [0.25, 0.3) is 0 Å². The summed E-state index contributed by atoms with van der Waals surface area (Å²) in [6, 6.07) is 10.0. The van der Waals surface area contributed by atoms with Crippen LogP contribution in [-0.4, -0.2) is 19.1 Å². The number of pyridine rings is 1. The summed E-state index contributed by atoms with van der Waals surface area (Å²) in [4.78, 5) is 33.3. The summed E-state index contributed by atoms with van der Waals surface area (Å²) in [6.45, 7) is 3.73. The minimum absolute atomic E-state index is 0.124. The molecule has 0 bridgehead atoms. The Balaban J connectivity index is 2.11. The van der Waals surface area contributed by atoms with E-state index in [1.54, 1.807) is 38.1 Å². The average molecular weight is 406 g/mol. The van der Waals surface area contributed by atoms with Gasteiger partial charge in [-0.25, -0.2) is 19.1 Å². The molecule has 0 aliphatic heterocycles. The van der Waals surface area contributed by atoms with Crippen LogP contribution in [0.3, 0.4) is 0 Å². The van der Waals surface area contributed by atoms with Gasteiger partial charge in [-0.1, -0.05) is 35.3 Å². The molecule has 9 heteroatoms. The first kappa shape index (κ1) is 19.1. The molecule has 0 aliphatic carbocycles. The van der Waals surface area contributed by atoms with Crippen LogP contribution in [0.4, 0.5) is 11.6 Å².